The van der Waals surface area contributed by atoms with E-state index in [0.29, 0.717) is 62.2 Å². The summed E-state index contributed by atoms with van der Waals surface area (Å²) in [4.78, 5) is 187. The van der Waals surface area contributed by atoms with Crippen molar-refractivity contribution in [2.24, 2.45) is 53.1 Å². The van der Waals surface area contributed by atoms with Gasteiger partial charge in [-0.2, -0.15) is 0 Å². The molecule has 4 aromatic rings. The summed E-state index contributed by atoms with van der Waals surface area (Å²) < 4.78 is 40.5. The van der Waals surface area contributed by atoms with Crippen molar-refractivity contribution in [3.8, 4) is 11.8 Å². The predicted octanol–water partition coefficient (Wildman–Crippen LogP) is 7.21. The van der Waals surface area contributed by atoms with Gasteiger partial charge in [0.25, 0.3) is 0 Å². The number of likely N-dealkylation sites (tertiary alicyclic amines) is 1. The molecule has 0 aromatic heterocycles. The van der Waals surface area contributed by atoms with E-state index in [1.54, 1.807) is 99.7 Å². The van der Waals surface area contributed by atoms with Crippen LogP contribution < -0.4 is 37.2 Å². The number of primary amides is 1. The molecule has 0 spiro atoms. The van der Waals surface area contributed by atoms with Crippen LogP contribution >= 0.6 is 0 Å². The van der Waals surface area contributed by atoms with Crippen LogP contribution in [0.5, 0.6) is 0 Å². The molecule has 0 radical (unpaired) electrons. The number of amides is 10. The van der Waals surface area contributed by atoms with Gasteiger partial charge in [0.1, 0.15) is 36.5 Å². The first-order valence-electron chi connectivity index (χ1n) is 48.5. The van der Waals surface area contributed by atoms with E-state index in [9.17, 15) is 88.2 Å². The van der Waals surface area contributed by atoms with Gasteiger partial charge in [-0.15, -0.1) is 0 Å². The van der Waals surface area contributed by atoms with Gasteiger partial charge in [-0.3, -0.25) is 52.7 Å². The Kier molecular flexibility index (Phi) is 51.6. The SMILES string of the molecule is CC[C@H](C)[C@@H]([C@@H](CC(=O)N1CCC[C@H]1[C@H](OC)[C@@H](C)C(=O)N[C@H](C)[C@@H](O)c1ccccc1)OC)N(C)C(=O)[C@@H](CC(=O)[C@H](C(C)C)N(C)C(=O)OCc1ccc(NC(=O)[C@H](CCCNC(N)=O)CC(=O)[C@@H](NC(=O)[C@@H](CCC(=O)NC[C@H](O)[C@@H](O)[C@H](O)[C@H](O)CO)CC(=O)CCOCCOCCOCCOCCCC(=O)CCC(=O)N2Cc3ccccc3C#Cc3ccccc32)C(C)C)cc1)C(C)C. The molecule has 2 aliphatic heterocycles. The average molecular weight is 1950 g/mol. The highest BCUT2D eigenvalue weighted by atomic mass is 16.6. The van der Waals surface area contributed by atoms with Crippen molar-refractivity contribution < 1.29 is 126 Å². The molecule has 2 aliphatic rings. The van der Waals surface area contributed by atoms with Gasteiger partial charge in [0.05, 0.1) is 132 Å². The van der Waals surface area contributed by atoms with Crippen molar-refractivity contribution in [3.63, 3.8) is 0 Å². The lowest BCUT2D eigenvalue weighted by Crippen LogP contribution is -2.55. The molecule has 36 heteroatoms. The molecule has 17 atom stereocenters. The number of carbonyl (C=O) groups excluding carboxylic acids is 13. The minimum Gasteiger partial charge on any atom is -0.445 e. The lowest BCUT2D eigenvalue weighted by molar-refractivity contribution is -0.149. The van der Waals surface area contributed by atoms with Gasteiger partial charge in [-0.1, -0.05) is 153 Å². The molecule has 0 unspecified atom stereocenters. The lowest BCUT2D eigenvalue weighted by atomic mass is 9.83. The van der Waals surface area contributed by atoms with E-state index < -0.39 is 182 Å². The molecular weight excluding hydrogens is 1790 g/mol. The molecule has 36 nitrogen and oxygen atoms in total. The quantitative estimate of drug-likeness (QED) is 0.0153. The van der Waals surface area contributed by atoms with Gasteiger partial charge in [-0.05, 0) is 116 Å². The number of carbonyl (C=O) groups is 13. The Labute approximate surface area is 817 Å². The first-order valence-corrected chi connectivity index (χ1v) is 48.5. The number of aliphatic hydroxyl groups excluding tert-OH is 6. The number of nitrogens with two attached hydrogens (primary N) is 1. The highest BCUT2D eigenvalue weighted by molar-refractivity contribution is 5.99. The minimum absolute atomic E-state index is 0.0373. The van der Waals surface area contributed by atoms with Gasteiger partial charge in [0.2, 0.25) is 41.4 Å². The zero-order chi connectivity index (χ0) is 103. The standard InChI is InChI=1S/C103H152N10O26/c1-15-67(8)93(87(133-13)59-90(123)112-47-24-34-82(112)97(134-14)68(9)98(127)107-69(10)94(124)73-28-17-16-18-29-73)110(11)101(130)80(64(2)3)58-84(118)92(66(6)7)111(12)103(132)139-63-70-35-40-77(41-36-70)108-99(128)74(31-23-46-105-102(104)131)57-83(117)91(65(4)5)109-100(129)75(39-43-88(121)106-60-85(119)95(125)96(126)86(120)62-114)56-79(116)45-49-136-51-53-138-55-54-137-52-50-135-48-25-32-78(115)42-44-89(122)113-61-76-30-20-19-26-71(76)37-38-72-27-21-22-33-81(72)113/h16-22,26-30,33,35-36,40-41,64-69,74-75,80,82,85-87,91-97,114,119-120,124-126H,15,23-25,31-32,34,39,42-63H2,1-14H3,(H,106,121)(H,107,127)(H,108,128)(H,109,129)(H3,104,105,131)/t67-,68+,69+,74+,75-,80-,82-,85-,86+,87+,91-,92-,93-,94+,95+,96+,97+/m0/s1. The zero-order valence-electron chi connectivity index (χ0n) is 83.3. The number of hydrogen-bond donors (Lipinski definition) is 12. The maximum atomic E-state index is 15.0. The Bertz CT molecular complexity index is 4630. The number of fused-ring (bicyclic) bond motifs is 2. The normalized spacial score (nSPS) is 16.5. The molecule has 4 aromatic carbocycles. The van der Waals surface area contributed by atoms with E-state index in [1.807, 2.05) is 94.4 Å². The average Bonchev–Trinajstić information content (AvgIpc) is 1.66. The summed E-state index contributed by atoms with van der Waals surface area (Å²) in [5.41, 5.74) is 9.98. The molecule has 1 saturated heterocycles. The topological polar surface area (TPSA) is 507 Å². The molecule has 0 aliphatic carbocycles. The van der Waals surface area contributed by atoms with Gasteiger partial charge in [-0.25, -0.2) is 9.59 Å². The van der Waals surface area contributed by atoms with E-state index in [1.165, 1.54) is 26.2 Å². The number of methoxy groups -OCH3 is 2. The Morgan fingerprint density at radius 1 is 0.568 bits per heavy atom. The summed E-state index contributed by atoms with van der Waals surface area (Å²) in [5, 5.41) is 74.4. The third-order valence-corrected chi connectivity index (χ3v) is 25.8. The number of anilines is 2. The fourth-order valence-corrected chi connectivity index (χ4v) is 17.4. The summed E-state index contributed by atoms with van der Waals surface area (Å²) in [5.74, 6) is -3.76. The predicted molar refractivity (Wildman–Crippen MR) is 519 cm³/mol. The Balaban J connectivity index is 0.990. The monoisotopic (exact) mass is 1950 g/mol. The number of hydrogen-bond acceptors (Lipinski definition) is 26. The van der Waals surface area contributed by atoms with Crippen LogP contribution in [0.3, 0.4) is 0 Å². The van der Waals surface area contributed by atoms with Gasteiger partial charge in [0, 0.05) is 140 Å². The summed E-state index contributed by atoms with van der Waals surface area (Å²) in [6, 6.07) is 25.6. The summed E-state index contributed by atoms with van der Waals surface area (Å²) in [6.07, 6.45) is -9.95. The summed E-state index contributed by atoms with van der Waals surface area (Å²) >= 11 is 0. The summed E-state index contributed by atoms with van der Waals surface area (Å²) in [7, 11) is 6.10. The molecule has 0 bridgehead atoms. The first kappa shape index (κ1) is 117. The number of ketones is 4. The van der Waals surface area contributed by atoms with Crippen LogP contribution in [-0.2, 0) is 99.0 Å². The molecule has 0 saturated carbocycles. The number of aliphatic hydroxyl groups is 6. The fourth-order valence-electron chi connectivity index (χ4n) is 17.4. The Hall–Kier alpha value is -10.5. The van der Waals surface area contributed by atoms with Crippen LogP contribution in [0.25, 0.3) is 0 Å². The molecule has 1 fully saturated rings. The van der Waals surface area contributed by atoms with E-state index in [4.69, 9.17) is 38.9 Å². The number of Topliss-reactive ketones (excluding diaryl/α,β-unsaturated/α-hetero) is 4. The zero-order valence-corrected chi connectivity index (χ0v) is 83.3. The minimum atomic E-state index is -1.99. The van der Waals surface area contributed by atoms with Crippen LogP contribution in [0.4, 0.5) is 21.0 Å². The fraction of sp³-hybridized carbons (Fsp3) is 0.621. The maximum absolute atomic E-state index is 15.0. The number of para-hydroxylation sites is 1. The largest absolute Gasteiger partial charge is 0.445 e. The van der Waals surface area contributed by atoms with E-state index >= 15 is 4.79 Å². The number of urea groups is 1. The molecule has 139 heavy (non-hydrogen) atoms. The van der Waals surface area contributed by atoms with Crippen molar-refractivity contribution in [2.45, 2.75) is 258 Å². The molecule has 13 N–H and O–H groups in total. The van der Waals surface area contributed by atoms with Crippen LogP contribution in [0, 0.1) is 59.2 Å². The summed E-state index contributed by atoms with van der Waals surface area (Å²) in [6.45, 7) is 18.4. The van der Waals surface area contributed by atoms with Gasteiger partial charge >= 0.3 is 12.1 Å². The van der Waals surface area contributed by atoms with E-state index in [2.05, 4.69) is 38.4 Å². The molecular formula is C103H152N10O26. The van der Waals surface area contributed by atoms with Gasteiger partial charge < -0.3 is 116 Å². The van der Waals surface area contributed by atoms with Crippen molar-refractivity contribution in [2.75, 3.05) is 118 Å². The van der Waals surface area contributed by atoms with Crippen LogP contribution in [0.2, 0.25) is 0 Å². The Morgan fingerprint density at radius 3 is 1.80 bits per heavy atom. The number of ether oxygens (including phenoxy) is 7. The van der Waals surface area contributed by atoms with Crippen LogP contribution in [-0.4, -0.2) is 296 Å². The number of benzene rings is 4. The van der Waals surface area contributed by atoms with Crippen LogP contribution in [0.15, 0.2) is 103 Å². The molecule has 2 heterocycles. The third-order valence-electron chi connectivity index (χ3n) is 25.8. The van der Waals surface area contributed by atoms with Crippen molar-refractivity contribution in [1.82, 2.24) is 36.0 Å². The Morgan fingerprint density at radius 2 is 1.18 bits per heavy atom. The highest BCUT2D eigenvalue weighted by Gasteiger charge is 2.45. The second kappa shape index (κ2) is 61.2. The number of rotatable bonds is 65. The second-order valence-electron chi connectivity index (χ2n) is 37.2. The maximum Gasteiger partial charge on any atom is 0.410 e. The number of nitrogens with one attached hydrogen (secondary N) is 5. The second-order valence-corrected chi connectivity index (χ2v) is 37.2. The van der Waals surface area contributed by atoms with E-state index in [0.717, 1.165) is 16.7 Å². The molecule has 6 rings (SSSR count). The highest BCUT2D eigenvalue weighted by Crippen LogP contribution is 2.34. The smallest absolute Gasteiger partial charge is 0.410 e. The molecule has 10 amide bonds. The van der Waals surface area contributed by atoms with Crippen molar-refractivity contribution in [3.05, 3.63) is 131 Å². The van der Waals surface area contributed by atoms with Crippen molar-refractivity contribution in [1.29, 1.82) is 0 Å². The van der Waals surface area contributed by atoms with Crippen molar-refractivity contribution >= 4 is 88.0 Å². The first-order chi connectivity index (χ1) is 66.3. The number of likely N-dealkylation sites (N-methyl/N-ethyl adjacent to an activating group) is 2. The van der Waals surface area contributed by atoms with Crippen LogP contribution in [0.1, 0.15) is 206 Å². The molecule has 770 valence electrons. The van der Waals surface area contributed by atoms with E-state index in [-0.39, 0.29) is 170 Å². The third kappa shape index (κ3) is 38.1. The number of nitrogens with zero attached hydrogens (tertiary/aromatic N) is 4. The van der Waals surface area contributed by atoms with Gasteiger partial charge in [0.15, 0.2) is 11.6 Å². The lowest BCUT2D eigenvalue weighted by Gasteiger charge is -2.41.